The molecule has 2 aliphatic heterocycles. The lowest BCUT2D eigenvalue weighted by Crippen LogP contribution is -2.07. The third kappa shape index (κ3) is 4.86. The molecule has 2 unspecified atom stereocenters. The number of ether oxygens (including phenoxy) is 4. The average molecular weight is 383 g/mol. The van der Waals surface area contributed by atoms with E-state index >= 15 is 0 Å². The van der Waals surface area contributed by atoms with Crippen LogP contribution in [0.15, 0.2) is 24.3 Å². The molecule has 2 aliphatic rings. The van der Waals surface area contributed by atoms with Gasteiger partial charge in [-0.05, 0) is 73.9 Å². The Bertz CT molecular complexity index is 732. The lowest BCUT2D eigenvalue weighted by atomic mass is 9.97. The van der Waals surface area contributed by atoms with E-state index < -0.39 is 0 Å². The van der Waals surface area contributed by atoms with Crippen LogP contribution in [0.3, 0.4) is 0 Å². The van der Waals surface area contributed by atoms with Crippen LogP contribution in [-0.4, -0.2) is 38.6 Å². The van der Waals surface area contributed by atoms with Crippen LogP contribution in [0.1, 0.15) is 33.4 Å². The van der Waals surface area contributed by atoms with Crippen LogP contribution >= 0.6 is 0 Å². The van der Waals surface area contributed by atoms with E-state index in [-0.39, 0.29) is 12.2 Å². The van der Waals surface area contributed by atoms with Crippen LogP contribution < -0.4 is 9.47 Å². The first kappa shape index (κ1) is 19.3. The number of hydrogen-bond donors (Lipinski definition) is 0. The molecule has 0 amide bonds. The number of rotatable bonds is 9. The van der Waals surface area contributed by atoms with E-state index in [4.69, 9.17) is 18.9 Å². The predicted octanol–water partition coefficient (Wildman–Crippen LogP) is 4.26. The van der Waals surface area contributed by atoms with Crippen molar-refractivity contribution in [2.45, 2.75) is 52.7 Å². The maximum absolute atomic E-state index is 5.95. The van der Waals surface area contributed by atoms with Gasteiger partial charge in [0, 0.05) is 0 Å². The lowest BCUT2D eigenvalue weighted by Gasteiger charge is -2.15. The van der Waals surface area contributed by atoms with Crippen LogP contribution in [0.4, 0.5) is 0 Å². The Morgan fingerprint density at radius 2 is 1.00 bits per heavy atom. The molecule has 2 aromatic rings. The van der Waals surface area contributed by atoms with Crippen molar-refractivity contribution in [3.8, 4) is 11.5 Å². The van der Waals surface area contributed by atoms with Crippen molar-refractivity contribution in [1.29, 1.82) is 0 Å². The fourth-order valence-electron chi connectivity index (χ4n) is 3.79. The molecule has 150 valence electrons. The molecule has 0 radical (unpaired) electrons. The van der Waals surface area contributed by atoms with E-state index in [0.29, 0.717) is 13.2 Å². The van der Waals surface area contributed by atoms with Crippen LogP contribution in [0, 0.1) is 27.7 Å². The van der Waals surface area contributed by atoms with E-state index in [1.54, 1.807) is 0 Å². The van der Waals surface area contributed by atoms with Gasteiger partial charge in [-0.1, -0.05) is 24.3 Å². The summed E-state index contributed by atoms with van der Waals surface area (Å²) in [7, 11) is 0. The molecule has 4 rings (SSSR count). The highest BCUT2D eigenvalue weighted by atomic mass is 16.6. The summed E-state index contributed by atoms with van der Waals surface area (Å²) in [4.78, 5) is 0. The normalized spacial score (nSPS) is 20.1. The summed E-state index contributed by atoms with van der Waals surface area (Å²) in [5, 5.41) is 0. The molecule has 2 aromatic carbocycles. The predicted molar refractivity (Wildman–Crippen MR) is 110 cm³/mol. The van der Waals surface area contributed by atoms with Crippen molar-refractivity contribution in [2.24, 2.45) is 0 Å². The summed E-state index contributed by atoms with van der Waals surface area (Å²) in [5.41, 5.74) is 7.52. The molecule has 2 saturated heterocycles. The van der Waals surface area contributed by atoms with Crippen LogP contribution in [0.25, 0.3) is 0 Å². The first-order chi connectivity index (χ1) is 13.5. The highest BCUT2D eigenvalue weighted by molar-refractivity contribution is 5.45. The molecule has 2 atom stereocenters. The molecule has 0 aromatic heterocycles. The topological polar surface area (TPSA) is 43.5 Å². The zero-order valence-electron chi connectivity index (χ0n) is 17.3. The van der Waals surface area contributed by atoms with Gasteiger partial charge in [-0.15, -0.1) is 0 Å². The summed E-state index contributed by atoms with van der Waals surface area (Å²) < 4.78 is 22.4. The fraction of sp³-hybridized carbons (Fsp3) is 0.500. The number of aryl methyl sites for hydroxylation is 6. The van der Waals surface area contributed by atoms with Gasteiger partial charge < -0.3 is 18.9 Å². The Labute approximate surface area is 167 Å². The summed E-state index contributed by atoms with van der Waals surface area (Å²) in [6.45, 7) is 11.5. The van der Waals surface area contributed by atoms with Crippen LogP contribution in [-0.2, 0) is 22.3 Å². The minimum atomic E-state index is 0.286. The van der Waals surface area contributed by atoms with Crippen molar-refractivity contribution in [2.75, 3.05) is 26.4 Å². The second-order valence-electron chi connectivity index (χ2n) is 8.15. The summed E-state index contributed by atoms with van der Waals surface area (Å²) >= 11 is 0. The molecule has 28 heavy (non-hydrogen) atoms. The number of benzene rings is 2. The van der Waals surface area contributed by atoms with Gasteiger partial charge in [-0.25, -0.2) is 0 Å². The van der Waals surface area contributed by atoms with Crippen molar-refractivity contribution in [1.82, 2.24) is 0 Å². The molecule has 0 N–H and O–H groups in total. The van der Waals surface area contributed by atoms with Crippen LogP contribution in [0.5, 0.6) is 11.5 Å². The smallest absolute Gasteiger partial charge is 0.125 e. The molecule has 0 aliphatic carbocycles. The van der Waals surface area contributed by atoms with Gasteiger partial charge in [0.2, 0.25) is 0 Å². The van der Waals surface area contributed by atoms with Gasteiger partial charge in [-0.3, -0.25) is 0 Å². The van der Waals surface area contributed by atoms with E-state index in [9.17, 15) is 0 Å². The maximum Gasteiger partial charge on any atom is 0.125 e. The van der Waals surface area contributed by atoms with Crippen molar-refractivity contribution in [3.05, 3.63) is 57.6 Å². The third-order valence-electron chi connectivity index (χ3n) is 5.37. The first-order valence-corrected chi connectivity index (χ1v) is 10.2. The van der Waals surface area contributed by atoms with Gasteiger partial charge in [0.05, 0.1) is 13.2 Å². The summed E-state index contributed by atoms with van der Waals surface area (Å²) in [6, 6.07) is 9.01. The minimum absolute atomic E-state index is 0.286. The molecular formula is C24H30O4. The Morgan fingerprint density at radius 3 is 1.29 bits per heavy atom. The van der Waals surface area contributed by atoms with E-state index in [0.717, 1.165) is 37.6 Å². The van der Waals surface area contributed by atoms with Gasteiger partial charge in [-0.2, -0.15) is 0 Å². The fourth-order valence-corrected chi connectivity index (χ4v) is 3.79. The SMILES string of the molecule is Cc1cc(CCc2cc(C)c(OCC3CO3)c(C)c2)cc(C)c1OCC1CO1. The second-order valence-corrected chi connectivity index (χ2v) is 8.15. The highest BCUT2D eigenvalue weighted by Gasteiger charge is 2.24. The molecule has 4 heteroatoms. The van der Waals surface area contributed by atoms with E-state index in [1.807, 2.05) is 0 Å². The van der Waals surface area contributed by atoms with Gasteiger partial charge >= 0.3 is 0 Å². The zero-order valence-corrected chi connectivity index (χ0v) is 17.3. The van der Waals surface area contributed by atoms with E-state index in [1.165, 1.54) is 33.4 Å². The third-order valence-corrected chi connectivity index (χ3v) is 5.37. The molecule has 2 fully saturated rings. The van der Waals surface area contributed by atoms with Gasteiger partial charge in [0.25, 0.3) is 0 Å². The monoisotopic (exact) mass is 382 g/mol. The standard InChI is InChI=1S/C24H30O4/c1-15-7-19(8-16(2)23(15)27-13-21-11-25-21)5-6-20-9-17(3)24(18(4)10-20)28-14-22-12-26-22/h7-10,21-22H,5-6,11-14H2,1-4H3. The van der Waals surface area contributed by atoms with Crippen molar-refractivity contribution in [3.63, 3.8) is 0 Å². The molecule has 0 saturated carbocycles. The largest absolute Gasteiger partial charge is 0.490 e. The van der Waals surface area contributed by atoms with Gasteiger partial charge in [0.15, 0.2) is 0 Å². The Morgan fingerprint density at radius 1 is 0.679 bits per heavy atom. The summed E-state index contributed by atoms with van der Waals surface area (Å²) in [6.07, 6.45) is 2.60. The average Bonchev–Trinajstić information content (AvgIpc) is 3.53. The van der Waals surface area contributed by atoms with Crippen molar-refractivity contribution >= 4 is 0 Å². The quantitative estimate of drug-likeness (QED) is 0.608. The van der Waals surface area contributed by atoms with Crippen molar-refractivity contribution < 1.29 is 18.9 Å². The molecule has 0 bridgehead atoms. The maximum atomic E-state index is 5.95. The highest BCUT2D eigenvalue weighted by Crippen LogP contribution is 2.29. The number of hydrogen-bond acceptors (Lipinski definition) is 4. The second kappa shape index (κ2) is 8.14. The number of epoxide rings is 2. The molecule has 4 nitrogen and oxygen atoms in total. The first-order valence-electron chi connectivity index (χ1n) is 10.2. The molecule has 2 heterocycles. The summed E-state index contributed by atoms with van der Waals surface area (Å²) in [5.74, 6) is 2.01. The van der Waals surface area contributed by atoms with E-state index in [2.05, 4.69) is 52.0 Å². The van der Waals surface area contributed by atoms with Gasteiger partial charge in [0.1, 0.15) is 36.9 Å². The Kier molecular flexibility index (Phi) is 5.61. The zero-order chi connectivity index (χ0) is 19.7. The Balaban J connectivity index is 1.39. The van der Waals surface area contributed by atoms with Crippen LogP contribution in [0.2, 0.25) is 0 Å². The lowest BCUT2D eigenvalue weighted by molar-refractivity contribution is 0.260. The minimum Gasteiger partial charge on any atom is -0.490 e. The Hall–Kier alpha value is -2.04. The molecular weight excluding hydrogens is 352 g/mol. The molecule has 0 spiro atoms.